The second-order valence-corrected chi connectivity index (χ2v) is 5.19. The average molecular weight is 246 g/mol. The molecule has 0 spiro atoms. The van der Waals surface area contributed by atoms with Crippen molar-refractivity contribution in [2.45, 2.75) is 6.92 Å². The summed E-state index contributed by atoms with van der Waals surface area (Å²) in [6.07, 6.45) is 0. The van der Waals surface area contributed by atoms with Gasteiger partial charge in [-0.1, -0.05) is 0 Å². The zero-order valence-corrected chi connectivity index (χ0v) is 9.35. The fourth-order valence-electron chi connectivity index (χ4n) is 1.31. The maximum atomic E-state index is 11.0. The van der Waals surface area contributed by atoms with Gasteiger partial charge >= 0.3 is 29.6 Å². The van der Waals surface area contributed by atoms with Crippen LogP contribution >= 0.6 is 0 Å². The quantitative estimate of drug-likeness (QED) is 0.478. The fraction of sp³-hybridized carbons (Fsp3) is 1.00. The molecule has 0 aromatic rings. The minimum absolute atomic E-state index is 0. The van der Waals surface area contributed by atoms with Crippen LogP contribution in [0.4, 0.5) is 0 Å². The third-order valence-electron chi connectivity index (χ3n) is 2.23. The molecule has 1 aliphatic heterocycles. The predicted octanol–water partition coefficient (Wildman–Crippen LogP) is -1.39. The van der Waals surface area contributed by atoms with Crippen molar-refractivity contribution in [3.8, 4) is 0 Å². The average Bonchev–Trinajstić information content (AvgIpc) is 2.19. The van der Waals surface area contributed by atoms with Gasteiger partial charge < -0.3 is 5.32 Å². The predicted molar refractivity (Wildman–Crippen MR) is 61.9 cm³/mol. The number of hydrogen-bond acceptors (Lipinski definition) is 5. The van der Waals surface area contributed by atoms with Gasteiger partial charge in [0, 0.05) is 32.7 Å². The Morgan fingerprint density at radius 1 is 1.33 bits per heavy atom. The second-order valence-electron chi connectivity index (χ2n) is 3.26. The number of nitrogens with zero attached hydrogens (tertiary/aromatic N) is 1. The molecule has 1 fully saturated rings. The Balaban J connectivity index is 0.00000196. The van der Waals surface area contributed by atoms with Crippen molar-refractivity contribution in [1.29, 1.82) is 0 Å². The molecule has 0 radical (unpaired) electrons. The normalized spacial score (nSPS) is 18.5. The fourth-order valence-corrected chi connectivity index (χ4v) is 1.81. The molecule has 0 aromatic heterocycles. The summed E-state index contributed by atoms with van der Waals surface area (Å²) >= 11 is 0. The van der Waals surface area contributed by atoms with E-state index < -0.39 is 10.1 Å². The molecule has 1 rings (SSSR count). The van der Waals surface area contributed by atoms with E-state index in [1.807, 2.05) is 0 Å². The number of rotatable bonds is 5. The third kappa shape index (κ3) is 6.88. The van der Waals surface area contributed by atoms with Crippen LogP contribution in [0.25, 0.3) is 0 Å². The van der Waals surface area contributed by atoms with Gasteiger partial charge in [-0.3, -0.25) is 9.08 Å². The van der Waals surface area contributed by atoms with Crippen molar-refractivity contribution < 1.29 is 12.6 Å². The molecular weight excluding hydrogens is 227 g/mol. The van der Waals surface area contributed by atoms with Crippen molar-refractivity contribution in [2.75, 3.05) is 45.1 Å². The summed E-state index contributed by atoms with van der Waals surface area (Å²) < 4.78 is 26.8. The number of piperazine rings is 1. The molecule has 1 heterocycles. The van der Waals surface area contributed by atoms with Crippen molar-refractivity contribution in [3.63, 3.8) is 0 Å². The molecule has 0 atom stereocenters. The van der Waals surface area contributed by atoms with Crippen LogP contribution in [-0.4, -0.2) is 88.0 Å². The maximum absolute atomic E-state index is 11.0. The van der Waals surface area contributed by atoms with Crippen molar-refractivity contribution >= 4 is 39.7 Å². The first kappa shape index (κ1) is 15.8. The van der Waals surface area contributed by atoms with Crippen molar-refractivity contribution in [1.82, 2.24) is 10.2 Å². The van der Waals surface area contributed by atoms with Crippen LogP contribution in [0.15, 0.2) is 0 Å². The standard InChI is InChI=1S/C8H18N2O3S.Na.H/c1-2-14(11,12)13-8-7-10-5-3-9-4-6-10;;/h9H,2-8H2,1H3;;. The Kier molecular flexibility index (Phi) is 8.44. The molecule has 0 unspecified atom stereocenters. The van der Waals surface area contributed by atoms with E-state index in [2.05, 4.69) is 10.2 Å². The molecule has 0 saturated carbocycles. The van der Waals surface area contributed by atoms with E-state index in [-0.39, 0.29) is 41.9 Å². The van der Waals surface area contributed by atoms with E-state index in [4.69, 9.17) is 4.18 Å². The molecule has 5 nitrogen and oxygen atoms in total. The van der Waals surface area contributed by atoms with Gasteiger partial charge in [-0.15, -0.1) is 0 Å². The van der Waals surface area contributed by atoms with Crippen LogP contribution in [0.5, 0.6) is 0 Å². The summed E-state index contributed by atoms with van der Waals surface area (Å²) in [5, 5.41) is 3.23. The molecule has 15 heavy (non-hydrogen) atoms. The monoisotopic (exact) mass is 246 g/mol. The van der Waals surface area contributed by atoms with E-state index in [9.17, 15) is 8.42 Å². The molecular formula is C8H19N2NaO3S. The van der Waals surface area contributed by atoms with Gasteiger partial charge in [-0.2, -0.15) is 8.42 Å². The van der Waals surface area contributed by atoms with Crippen molar-refractivity contribution in [3.05, 3.63) is 0 Å². The molecule has 86 valence electrons. The molecule has 1 saturated heterocycles. The molecule has 1 aliphatic rings. The van der Waals surface area contributed by atoms with E-state index in [0.717, 1.165) is 26.2 Å². The molecule has 7 heteroatoms. The Bertz CT molecular complexity index is 253. The molecule has 0 bridgehead atoms. The van der Waals surface area contributed by atoms with Gasteiger partial charge in [-0.05, 0) is 6.92 Å². The van der Waals surface area contributed by atoms with Crippen LogP contribution in [0.3, 0.4) is 0 Å². The van der Waals surface area contributed by atoms with Crippen LogP contribution in [0.2, 0.25) is 0 Å². The summed E-state index contributed by atoms with van der Waals surface area (Å²) in [7, 11) is -3.26. The first-order valence-corrected chi connectivity index (χ1v) is 6.52. The van der Waals surface area contributed by atoms with Gasteiger partial charge in [0.1, 0.15) is 0 Å². The zero-order chi connectivity index (χ0) is 10.4. The van der Waals surface area contributed by atoms with Gasteiger partial charge in [0.25, 0.3) is 10.1 Å². The van der Waals surface area contributed by atoms with Crippen LogP contribution in [0.1, 0.15) is 6.92 Å². The third-order valence-corrected chi connectivity index (χ3v) is 3.47. The summed E-state index contributed by atoms with van der Waals surface area (Å²) in [5.74, 6) is 0.0502. The van der Waals surface area contributed by atoms with Gasteiger partial charge in [-0.25, -0.2) is 0 Å². The molecule has 0 amide bonds. The van der Waals surface area contributed by atoms with Gasteiger partial charge in [0.2, 0.25) is 0 Å². The van der Waals surface area contributed by atoms with E-state index in [1.54, 1.807) is 6.92 Å². The van der Waals surface area contributed by atoms with E-state index >= 15 is 0 Å². The van der Waals surface area contributed by atoms with Crippen LogP contribution in [-0.2, 0) is 14.3 Å². The Labute approximate surface area is 114 Å². The van der Waals surface area contributed by atoms with E-state index in [0.29, 0.717) is 6.54 Å². The van der Waals surface area contributed by atoms with Crippen LogP contribution < -0.4 is 5.32 Å². The first-order valence-electron chi connectivity index (χ1n) is 4.94. The molecule has 1 N–H and O–H groups in total. The van der Waals surface area contributed by atoms with E-state index in [1.165, 1.54) is 0 Å². The summed E-state index contributed by atoms with van der Waals surface area (Å²) in [6.45, 7) is 6.43. The summed E-state index contributed by atoms with van der Waals surface area (Å²) in [5.41, 5.74) is 0. The Morgan fingerprint density at radius 3 is 2.47 bits per heavy atom. The molecule has 0 aromatic carbocycles. The Hall–Kier alpha value is 0.830. The van der Waals surface area contributed by atoms with Gasteiger partial charge in [0.15, 0.2) is 0 Å². The zero-order valence-electron chi connectivity index (χ0n) is 8.53. The van der Waals surface area contributed by atoms with Gasteiger partial charge in [0.05, 0.1) is 12.4 Å². The summed E-state index contributed by atoms with van der Waals surface area (Å²) in [4.78, 5) is 2.20. The van der Waals surface area contributed by atoms with Crippen LogP contribution in [0, 0.1) is 0 Å². The minimum atomic E-state index is -3.26. The molecule has 0 aliphatic carbocycles. The SMILES string of the molecule is CCS(=O)(=O)OCCN1CCNCC1.[NaH]. The second kappa shape index (κ2) is 8.00. The Morgan fingerprint density at radius 2 is 1.93 bits per heavy atom. The first-order chi connectivity index (χ1) is 6.64. The number of nitrogens with one attached hydrogen (secondary N) is 1. The summed E-state index contributed by atoms with van der Waals surface area (Å²) in [6, 6.07) is 0. The number of hydrogen-bond donors (Lipinski definition) is 1. The topological polar surface area (TPSA) is 58.6 Å². The van der Waals surface area contributed by atoms with Crippen molar-refractivity contribution in [2.24, 2.45) is 0 Å².